The number of nitrogens with zero attached hydrogens (tertiary/aromatic N) is 1. The van der Waals surface area contributed by atoms with Crippen molar-refractivity contribution in [3.63, 3.8) is 0 Å². The van der Waals surface area contributed by atoms with Crippen molar-refractivity contribution in [2.45, 2.75) is 46.1 Å². The molecule has 1 aliphatic heterocycles. The highest BCUT2D eigenvalue weighted by Gasteiger charge is 2.30. The lowest BCUT2D eigenvalue weighted by Crippen LogP contribution is -2.49. The zero-order chi connectivity index (χ0) is 29.8. The Bertz CT molecular complexity index is 1340. The Balaban J connectivity index is 0. The van der Waals surface area contributed by atoms with E-state index in [9.17, 15) is 19.2 Å². The summed E-state index contributed by atoms with van der Waals surface area (Å²) in [5, 5.41) is 8.75. The van der Waals surface area contributed by atoms with Crippen LogP contribution < -0.4 is 25.4 Å². The minimum absolute atomic E-state index is 0. The Hall–Kier alpha value is -4.41. The minimum Gasteiger partial charge on any atom is -0.496 e. The average molecular weight is 574 g/mol. The molecule has 1 saturated heterocycles. The van der Waals surface area contributed by atoms with Crippen molar-refractivity contribution in [1.82, 2.24) is 25.9 Å². The Kier molecular flexibility index (Phi) is 11.7. The quantitative estimate of drug-likeness (QED) is 0.271. The third-order valence-electron chi connectivity index (χ3n) is 6.14. The van der Waals surface area contributed by atoms with Crippen molar-refractivity contribution in [2.24, 2.45) is 11.8 Å². The fourth-order valence-electron chi connectivity index (χ4n) is 4.22. The van der Waals surface area contributed by atoms with E-state index >= 15 is 0 Å². The number of Topliss-reactive ketones (excluding diaryl/α,β-unsaturated/α-hetero) is 1. The number of aromatic nitrogens is 2. The number of piperidine rings is 1. The van der Waals surface area contributed by atoms with Gasteiger partial charge in [0.2, 0.25) is 17.7 Å². The Morgan fingerprint density at radius 2 is 1.93 bits per heavy atom. The van der Waals surface area contributed by atoms with Gasteiger partial charge < -0.3 is 30.4 Å². The second kappa shape index (κ2) is 15.4. The van der Waals surface area contributed by atoms with Crippen molar-refractivity contribution in [1.29, 1.82) is 0 Å². The third-order valence-corrected chi connectivity index (χ3v) is 6.14. The van der Waals surface area contributed by atoms with Crippen LogP contribution in [0.4, 0.5) is 0 Å². The molecule has 11 nitrogen and oxygen atoms in total. The lowest BCUT2D eigenvalue weighted by atomic mass is 9.90. The molecule has 3 amide bonds. The smallest absolute Gasteiger partial charge is 0.268 e. The third kappa shape index (κ3) is 9.63. The fourth-order valence-corrected chi connectivity index (χ4v) is 4.22. The highest BCUT2D eigenvalue weighted by atomic mass is 16.5. The van der Waals surface area contributed by atoms with Crippen LogP contribution in [0.25, 0.3) is 10.9 Å². The van der Waals surface area contributed by atoms with E-state index in [0.29, 0.717) is 18.7 Å². The fraction of sp³-hybridized carbons (Fsp3) is 0.433. The van der Waals surface area contributed by atoms with E-state index in [-0.39, 0.29) is 42.8 Å². The van der Waals surface area contributed by atoms with Crippen LogP contribution in [0.2, 0.25) is 0 Å². The number of fused-ring (bicyclic) bond motifs is 1. The number of benzene rings is 1. The Morgan fingerprint density at radius 3 is 2.61 bits per heavy atom. The van der Waals surface area contributed by atoms with Crippen LogP contribution in [0.3, 0.4) is 0 Å². The zero-order valence-electron chi connectivity index (χ0n) is 24.0. The molecule has 3 aromatic rings. The summed E-state index contributed by atoms with van der Waals surface area (Å²) in [6.07, 6.45) is 3.09. The van der Waals surface area contributed by atoms with Gasteiger partial charge in [0.05, 0.1) is 19.7 Å². The molecule has 1 aromatic carbocycles. The molecule has 0 aliphatic carbocycles. The zero-order valence-corrected chi connectivity index (χ0v) is 24.0. The van der Waals surface area contributed by atoms with Gasteiger partial charge in [-0.3, -0.25) is 19.2 Å². The molecule has 41 heavy (non-hydrogen) atoms. The number of hydrogen-bond acceptors (Lipinski definition) is 7. The van der Waals surface area contributed by atoms with Crippen LogP contribution in [0, 0.1) is 11.8 Å². The number of carbonyl (C=O) groups excluding carboxylic acids is 4. The molecule has 0 spiro atoms. The summed E-state index contributed by atoms with van der Waals surface area (Å²) in [5.41, 5.74) is 0.987. The standard InChI is InChI=1S/C26H29N5O6.C4H10.4H2/c1-36-22-8-4-7-18-17(22)13-20(30-18)26(35)29-14-23(33)31-19(12-16-6-5-11-28-25(16)34)21(32)15-37-24-9-2-3-10-27-24;1-4(2)3;;;;/h2-4,7-10,13,16,19,30H,5-6,11-12,14-15H2,1H3,(H,28,34)(H,29,35)(H,31,33);4H,1-3H3;4*1H/t16-,19-;;;;;/m0...../s1. The number of hydrogen-bond donors (Lipinski definition) is 4. The number of amides is 3. The topological polar surface area (TPSA) is 152 Å². The monoisotopic (exact) mass is 573 g/mol. The first-order valence-electron chi connectivity index (χ1n) is 13.8. The molecule has 0 saturated carbocycles. The van der Waals surface area contributed by atoms with Gasteiger partial charge in [-0.05, 0) is 49.4 Å². The molecule has 1 fully saturated rings. The first-order chi connectivity index (χ1) is 19.7. The van der Waals surface area contributed by atoms with Crippen LogP contribution in [-0.4, -0.2) is 66.3 Å². The molecule has 2 atom stereocenters. The number of methoxy groups -OCH3 is 1. The van der Waals surface area contributed by atoms with Gasteiger partial charge in [-0.1, -0.05) is 32.9 Å². The van der Waals surface area contributed by atoms with Crippen molar-refractivity contribution in [2.75, 3.05) is 26.8 Å². The van der Waals surface area contributed by atoms with Crippen molar-refractivity contribution < 1.29 is 34.4 Å². The van der Waals surface area contributed by atoms with Gasteiger partial charge in [-0.2, -0.15) is 0 Å². The highest BCUT2D eigenvalue weighted by Crippen LogP contribution is 2.26. The summed E-state index contributed by atoms with van der Waals surface area (Å²) in [7, 11) is 1.54. The molecular formula is C30H47N5O6. The largest absolute Gasteiger partial charge is 0.496 e. The Morgan fingerprint density at radius 1 is 1.15 bits per heavy atom. The van der Waals surface area contributed by atoms with Crippen LogP contribution in [-0.2, 0) is 14.4 Å². The number of ether oxygens (including phenoxy) is 2. The van der Waals surface area contributed by atoms with Gasteiger partial charge in [0, 0.05) is 41.3 Å². The summed E-state index contributed by atoms with van der Waals surface area (Å²) >= 11 is 0. The number of aromatic amines is 1. The summed E-state index contributed by atoms with van der Waals surface area (Å²) < 4.78 is 10.8. The average Bonchev–Trinajstić information content (AvgIpc) is 3.40. The maximum absolute atomic E-state index is 12.9. The molecule has 0 unspecified atom stereocenters. The first kappa shape index (κ1) is 31.1. The normalized spacial score (nSPS) is 15.2. The second-order valence-corrected chi connectivity index (χ2v) is 10.4. The summed E-state index contributed by atoms with van der Waals surface area (Å²) in [6.45, 7) is 6.42. The van der Waals surface area contributed by atoms with Gasteiger partial charge in [0.25, 0.3) is 5.91 Å². The van der Waals surface area contributed by atoms with Crippen LogP contribution in [0.1, 0.15) is 56.2 Å². The molecule has 3 heterocycles. The van der Waals surface area contributed by atoms with E-state index in [0.717, 1.165) is 23.2 Å². The first-order valence-corrected chi connectivity index (χ1v) is 13.8. The SMILES string of the molecule is CC(C)C.COc1cccc2[nH]c(C(=O)NCC(=O)N[C@@H](C[C@@H]3CCCNC3=O)C(=O)COc3ccccn3)cc12.[HH].[HH].[HH].[HH]. The summed E-state index contributed by atoms with van der Waals surface area (Å²) in [4.78, 5) is 57.6. The number of carbonyl (C=O) groups is 4. The lowest BCUT2D eigenvalue weighted by Gasteiger charge is -2.26. The van der Waals surface area contributed by atoms with E-state index in [2.05, 4.69) is 46.7 Å². The summed E-state index contributed by atoms with van der Waals surface area (Å²) in [6, 6.07) is 11.1. The van der Waals surface area contributed by atoms with Crippen molar-refractivity contribution in [3.8, 4) is 11.6 Å². The molecule has 2 aromatic heterocycles. The summed E-state index contributed by atoms with van der Waals surface area (Å²) in [5.74, 6) is -0.271. The lowest BCUT2D eigenvalue weighted by molar-refractivity contribution is -0.131. The van der Waals surface area contributed by atoms with E-state index < -0.39 is 29.6 Å². The van der Waals surface area contributed by atoms with E-state index in [4.69, 9.17) is 9.47 Å². The predicted molar refractivity (Wildman–Crippen MR) is 163 cm³/mol. The van der Waals surface area contributed by atoms with Gasteiger partial charge in [-0.15, -0.1) is 0 Å². The maximum Gasteiger partial charge on any atom is 0.268 e. The molecule has 0 bridgehead atoms. The van der Waals surface area contributed by atoms with Crippen molar-refractivity contribution in [3.05, 3.63) is 54.4 Å². The van der Waals surface area contributed by atoms with Gasteiger partial charge >= 0.3 is 0 Å². The second-order valence-electron chi connectivity index (χ2n) is 10.4. The number of pyridine rings is 1. The molecule has 1 aliphatic rings. The molecule has 4 rings (SSSR count). The van der Waals surface area contributed by atoms with E-state index in [1.807, 2.05) is 6.07 Å². The minimum atomic E-state index is -0.959. The van der Waals surface area contributed by atoms with E-state index in [1.165, 1.54) is 6.20 Å². The molecular weight excluding hydrogens is 526 g/mol. The van der Waals surface area contributed by atoms with Gasteiger partial charge in [0.1, 0.15) is 11.4 Å². The number of H-pyrrole nitrogens is 1. The Labute approximate surface area is 245 Å². The predicted octanol–water partition coefficient (Wildman–Crippen LogP) is 4.00. The molecule has 228 valence electrons. The number of rotatable bonds is 11. The van der Waals surface area contributed by atoms with E-state index in [1.54, 1.807) is 43.5 Å². The number of nitrogens with one attached hydrogen (secondary N) is 4. The molecule has 11 heteroatoms. The number of ketones is 1. The van der Waals surface area contributed by atoms with Crippen molar-refractivity contribution >= 4 is 34.4 Å². The molecule has 0 radical (unpaired) electrons. The molecule has 4 N–H and O–H groups in total. The van der Waals surface area contributed by atoms with Gasteiger partial charge in [-0.25, -0.2) is 4.98 Å². The van der Waals surface area contributed by atoms with Crippen LogP contribution >= 0.6 is 0 Å². The van der Waals surface area contributed by atoms with Gasteiger partial charge in [0.15, 0.2) is 12.4 Å². The van der Waals surface area contributed by atoms with Crippen LogP contribution in [0.5, 0.6) is 11.6 Å². The highest BCUT2D eigenvalue weighted by molar-refractivity contribution is 6.01. The van der Waals surface area contributed by atoms with Crippen LogP contribution in [0.15, 0.2) is 48.7 Å². The maximum atomic E-state index is 12.9.